The van der Waals surface area contributed by atoms with E-state index in [9.17, 15) is 13.2 Å². The number of hydrogen-bond donors (Lipinski definition) is 0. The molecular weight excluding hydrogens is 494 g/mol. The number of thiazole rings is 1. The van der Waals surface area contributed by atoms with Gasteiger partial charge in [-0.25, -0.2) is 8.42 Å². The maximum absolute atomic E-state index is 12.9. The first-order valence-electron chi connectivity index (χ1n) is 10.7. The van der Waals surface area contributed by atoms with E-state index in [2.05, 4.69) is 10.9 Å². The molecule has 1 aromatic heterocycles. The zero-order valence-electron chi connectivity index (χ0n) is 18.8. The molecule has 1 amide bonds. The fourth-order valence-electron chi connectivity index (χ4n) is 3.91. The van der Waals surface area contributed by atoms with Crippen LogP contribution >= 0.6 is 22.9 Å². The second kappa shape index (κ2) is 10.0. The number of aromatic nitrogens is 1. The summed E-state index contributed by atoms with van der Waals surface area (Å²) < 4.78 is 35.2. The summed E-state index contributed by atoms with van der Waals surface area (Å²) in [5.41, 5.74) is 2.09. The van der Waals surface area contributed by atoms with Gasteiger partial charge in [0.1, 0.15) is 0 Å². The molecule has 3 aromatic rings. The van der Waals surface area contributed by atoms with Crippen molar-refractivity contribution in [2.75, 3.05) is 20.2 Å². The molecule has 1 unspecified atom stereocenters. The molecule has 0 saturated carbocycles. The highest BCUT2D eigenvalue weighted by Gasteiger charge is 2.26. The number of ether oxygens (including phenoxy) is 1. The van der Waals surface area contributed by atoms with Crippen LogP contribution in [0.4, 0.5) is 0 Å². The molecule has 1 saturated heterocycles. The predicted octanol–water partition coefficient (Wildman–Crippen LogP) is 3.84. The molecule has 0 aliphatic carbocycles. The predicted molar refractivity (Wildman–Crippen MR) is 134 cm³/mol. The van der Waals surface area contributed by atoms with Crippen molar-refractivity contribution >= 4 is 49.1 Å². The Morgan fingerprint density at radius 1 is 1.32 bits per heavy atom. The average Bonchev–Trinajstić information content (AvgIpc) is 3.45. The third-order valence-electron chi connectivity index (χ3n) is 5.72. The monoisotopic (exact) mass is 517 g/mol. The highest BCUT2D eigenvalue weighted by Crippen LogP contribution is 2.29. The van der Waals surface area contributed by atoms with Gasteiger partial charge >= 0.3 is 0 Å². The standard InChI is InChI=1S/C24H24ClN3O4S2/c1-4-13-28-21-16(2)7-12-20(25)22(21)33-24(28)26-23(29)17-8-10-19(11-9-17)34(30,31)27(3)15-18-6-5-14-32-18/h1,7-12,18H,5-6,13-15H2,2-3H3. The van der Waals surface area contributed by atoms with Crippen LogP contribution in [-0.2, 0) is 21.3 Å². The van der Waals surface area contributed by atoms with Crippen LogP contribution in [0.1, 0.15) is 28.8 Å². The summed E-state index contributed by atoms with van der Waals surface area (Å²) >= 11 is 7.64. The number of fused-ring (bicyclic) bond motifs is 1. The number of rotatable bonds is 6. The molecule has 1 aliphatic heterocycles. The maximum Gasteiger partial charge on any atom is 0.279 e. The largest absolute Gasteiger partial charge is 0.377 e. The number of amides is 1. The molecule has 4 rings (SSSR count). The first kappa shape index (κ1) is 24.6. The molecule has 0 N–H and O–H groups in total. The molecule has 0 bridgehead atoms. The quantitative estimate of drug-likeness (QED) is 0.465. The number of halogens is 1. The fourth-order valence-corrected chi connectivity index (χ4v) is 6.50. The van der Waals surface area contributed by atoms with E-state index < -0.39 is 15.9 Å². The van der Waals surface area contributed by atoms with Crippen molar-refractivity contribution in [1.29, 1.82) is 0 Å². The zero-order valence-corrected chi connectivity index (χ0v) is 21.2. The van der Waals surface area contributed by atoms with Gasteiger partial charge in [0, 0.05) is 25.8 Å². The fraction of sp³-hybridized carbons (Fsp3) is 0.333. The molecule has 1 aliphatic rings. The summed E-state index contributed by atoms with van der Waals surface area (Å²) in [6, 6.07) is 9.48. The van der Waals surface area contributed by atoms with Gasteiger partial charge in [0.05, 0.1) is 32.8 Å². The molecule has 178 valence electrons. The van der Waals surface area contributed by atoms with E-state index in [0.717, 1.165) is 28.6 Å². The summed E-state index contributed by atoms with van der Waals surface area (Å²) in [4.78, 5) is 17.7. The number of sulfonamides is 1. The van der Waals surface area contributed by atoms with Gasteiger partial charge in [0.15, 0.2) is 4.80 Å². The van der Waals surface area contributed by atoms with E-state index >= 15 is 0 Å². The average molecular weight is 518 g/mol. The Morgan fingerprint density at radius 3 is 2.71 bits per heavy atom. The Hall–Kier alpha value is -2.48. The van der Waals surface area contributed by atoms with E-state index in [1.807, 2.05) is 13.0 Å². The number of carbonyl (C=O) groups is 1. The Morgan fingerprint density at radius 2 is 2.06 bits per heavy atom. The number of aryl methyl sites for hydroxylation is 1. The van der Waals surface area contributed by atoms with Crippen LogP contribution < -0.4 is 4.80 Å². The molecule has 10 heteroatoms. The van der Waals surface area contributed by atoms with Crippen molar-refractivity contribution in [1.82, 2.24) is 8.87 Å². The maximum atomic E-state index is 12.9. The highest BCUT2D eigenvalue weighted by molar-refractivity contribution is 7.89. The van der Waals surface area contributed by atoms with Crippen LogP contribution in [-0.4, -0.2) is 49.5 Å². The van der Waals surface area contributed by atoms with E-state index in [1.165, 1.54) is 47.0 Å². The minimum absolute atomic E-state index is 0.0902. The topological polar surface area (TPSA) is 81.0 Å². The number of nitrogens with zero attached hydrogens (tertiary/aromatic N) is 3. The van der Waals surface area contributed by atoms with Gasteiger partial charge in [-0.15, -0.1) is 6.42 Å². The lowest BCUT2D eigenvalue weighted by atomic mass is 10.2. The van der Waals surface area contributed by atoms with Crippen LogP contribution in [0.3, 0.4) is 0 Å². The van der Waals surface area contributed by atoms with Crippen LogP contribution in [0.5, 0.6) is 0 Å². The first-order valence-corrected chi connectivity index (χ1v) is 13.3. The van der Waals surface area contributed by atoms with E-state index in [1.54, 1.807) is 10.6 Å². The third kappa shape index (κ3) is 4.83. The number of likely N-dealkylation sites (N-methyl/N-ethyl adjacent to an activating group) is 1. The number of benzene rings is 2. The minimum Gasteiger partial charge on any atom is -0.377 e. The molecule has 34 heavy (non-hydrogen) atoms. The minimum atomic E-state index is -3.70. The lowest BCUT2D eigenvalue weighted by Crippen LogP contribution is -2.34. The molecule has 1 atom stereocenters. The second-order valence-electron chi connectivity index (χ2n) is 8.08. The van der Waals surface area contributed by atoms with Gasteiger partial charge in [-0.05, 0) is 55.7 Å². The van der Waals surface area contributed by atoms with Crippen molar-refractivity contribution in [2.45, 2.75) is 37.3 Å². The van der Waals surface area contributed by atoms with Crippen molar-refractivity contribution in [2.24, 2.45) is 4.99 Å². The number of carbonyl (C=O) groups excluding carboxylic acids is 1. The smallest absolute Gasteiger partial charge is 0.279 e. The van der Waals surface area contributed by atoms with Gasteiger partial charge in [-0.1, -0.05) is 34.9 Å². The van der Waals surface area contributed by atoms with Crippen molar-refractivity contribution in [3.63, 3.8) is 0 Å². The second-order valence-corrected chi connectivity index (χ2v) is 11.5. The van der Waals surface area contributed by atoms with Gasteiger partial charge in [0.25, 0.3) is 5.91 Å². The van der Waals surface area contributed by atoms with Crippen LogP contribution in [0.15, 0.2) is 46.3 Å². The number of hydrogen-bond acceptors (Lipinski definition) is 5. The summed E-state index contributed by atoms with van der Waals surface area (Å²) in [5, 5.41) is 0.562. The van der Waals surface area contributed by atoms with Gasteiger partial charge in [0.2, 0.25) is 10.0 Å². The van der Waals surface area contributed by atoms with Gasteiger partial charge in [-0.3, -0.25) is 4.79 Å². The molecule has 1 fully saturated rings. The van der Waals surface area contributed by atoms with Gasteiger partial charge in [-0.2, -0.15) is 9.30 Å². The lowest BCUT2D eigenvalue weighted by molar-refractivity contribution is 0.0979. The Balaban J connectivity index is 1.63. The SMILES string of the molecule is C#CCn1c(=NC(=O)c2ccc(S(=O)(=O)N(C)CC3CCCO3)cc2)sc2c(Cl)ccc(C)c21. The first-order chi connectivity index (χ1) is 16.2. The summed E-state index contributed by atoms with van der Waals surface area (Å²) in [7, 11) is -2.16. The van der Waals surface area contributed by atoms with Gasteiger partial charge < -0.3 is 9.30 Å². The van der Waals surface area contributed by atoms with Crippen LogP contribution in [0.2, 0.25) is 5.02 Å². The number of terminal acetylenes is 1. The lowest BCUT2D eigenvalue weighted by Gasteiger charge is -2.20. The molecule has 0 radical (unpaired) electrons. The summed E-state index contributed by atoms with van der Waals surface area (Å²) in [6.07, 6.45) is 7.24. The normalized spacial score (nSPS) is 16.9. The third-order valence-corrected chi connectivity index (χ3v) is 9.10. The van der Waals surface area contributed by atoms with E-state index in [4.69, 9.17) is 22.8 Å². The van der Waals surface area contributed by atoms with Crippen molar-refractivity contribution < 1.29 is 17.9 Å². The van der Waals surface area contributed by atoms with Crippen LogP contribution in [0, 0.1) is 19.3 Å². The Labute approximate surface area is 207 Å². The molecule has 2 aromatic carbocycles. The molecule has 7 nitrogen and oxygen atoms in total. The van der Waals surface area contributed by atoms with E-state index in [-0.39, 0.29) is 23.1 Å². The van der Waals surface area contributed by atoms with Crippen molar-refractivity contribution in [3.8, 4) is 12.3 Å². The highest BCUT2D eigenvalue weighted by atomic mass is 35.5. The van der Waals surface area contributed by atoms with Crippen LogP contribution in [0.25, 0.3) is 10.2 Å². The summed E-state index contributed by atoms with van der Waals surface area (Å²) in [6.45, 7) is 3.13. The van der Waals surface area contributed by atoms with E-state index in [0.29, 0.717) is 23.0 Å². The molecule has 0 spiro atoms. The van der Waals surface area contributed by atoms with Crippen molar-refractivity contribution in [3.05, 3.63) is 57.3 Å². The Kier molecular flexibility index (Phi) is 7.26. The zero-order chi connectivity index (χ0) is 24.5. The Bertz CT molecular complexity index is 1440. The molecule has 2 heterocycles. The summed E-state index contributed by atoms with van der Waals surface area (Å²) in [5.74, 6) is 2.10. The molecular formula is C24H24ClN3O4S2.